The van der Waals surface area contributed by atoms with Gasteiger partial charge in [0.1, 0.15) is 0 Å². The molecule has 0 atom stereocenters. The van der Waals surface area contributed by atoms with E-state index in [-0.39, 0.29) is 11.6 Å². The molecule has 108 valence electrons. The first kappa shape index (κ1) is 13.5. The Morgan fingerprint density at radius 2 is 1.86 bits per heavy atom. The number of alkyl halides is 3. The van der Waals surface area contributed by atoms with Crippen LogP contribution >= 0.6 is 0 Å². The maximum Gasteiger partial charge on any atom is 0.418 e. The van der Waals surface area contributed by atoms with Crippen LogP contribution in [-0.2, 0) is 6.18 Å². The minimum atomic E-state index is -4.41. The van der Waals surface area contributed by atoms with Gasteiger partial charge in [-0.25, -0.2) is 4.98 Å². The number of fused-ring (bicyclic) bond motifs is 1. The summed E-state index contributed by atoms with van der Waals surface area (Å²) in [5.74, 6) is 0.285. The fourth-order valence-electron chi connectivity index (χ4n) is 2.15. The van der Waals surface area contributed by atoms with Crippen molar-refractivity contribution in [2.75, 3.05) is 5.32 Å². The average Bonchev–Trinajstić information content (AvgIpc) is 2.79. The number of nitrogens with one attached hydrogen (secondary N) is 2. The topological polar surface area (TPSA) is 40.7 Å². The summed E-state index contributed by atoms with van der Waals surface area (Å²) in [6.07, 6.45) is -4.41. The van der Waals surface area contributed by atoms with Gasteiger partial charge in [0.2, 0.25) is 5.95 Å². The minimum Gasteiger partial charge on any atom is -0.325 e. The van der Waals surface area contributed by atoms with Gasteiger partial charge < -0.3 is 10.3 Å². The zero-order valence-corrected chi connectivity index (χ0v) is 11.1. The first-order valence-electron chi connectivity index (χ1n) is 6.33. The van der Waals surface area contributed by atoms with Crippen LogP contribution in [0, 0.1) is 6.92 Å². The lowest BCUT2D eigenvalue weighted by Gasteiger charge is -2.12. The molecule has 0 spiro atoms. The highest BCUT2D eigenvalue weighted by atomic mass is 19.4. The summed E-state index contributed by atoms with van der Waals surface area (Å²) in [7, 11) is 0. The average molecular weight is 291 g/mol. The third kappa shape index (κ3) is 2.69. The van der Waals surface area contributed by atoms with Gasteiger partial charge in [-0.2, -0.15) is 13.2 Å². The van der Waals surface area contributed by atoms with Gasteiger partial charge in [0.15, 0.2) is 0 Å². The quantitative estimate of drug-likeness (QED) is 0.722. The molecular weight excluding hydrogens is 279 g/mol. The number of hydrogen-bond acceptors (Lipinski definition) is 2. The highest BCUT2D eigenvalue weighted by Gasteiger charge is 2.33. The third-order valence-electron chi connectivity index (χ3n) is 3.12. The van der Waals surface area contributed by atoms with Crippen molar-refractivity contribution in [2.45, 2.75) is 13.1 Å². The molecule has 0 amide bonds. The Morgan fingerprint density at radius 1 is 1.10 bits per heavy atom. The zero-order chi connectivity index (χ0) is 15.0. The molecule has 0 saturated heterocycles. The second kappa shape index (κ2) is 4.80. The molecule has 3 rings (SSSR count). The number of H-pyrrole nitrogens is 1. The van der Waals surface area contributed by atoms with Crippen molar-refractivity contribution in [1.82, 2.24) is 9.97 Å². The Morgan fingerprint density at radius 3 is 2.62 bits per heavy atom. The van der Waals surface area contributed by atoms with Crippen LogP contribution in [0.2, 0.25) is 0 Å². The lowest BCUT2D eigenvalue weighted by molar-refractivity contribution is -0.136. The smallest absolute Gasteiger partial charge is 0.325 e. The summed E-state index contributed by atoms with van der Waals surface area (Å²) in [6, 6.07) is 10.9. The number of aromatic amines is 1. The Balaban J connectivity index is 1.99. The van der Waals surface area contributed by atoms with Gasteiger partial charge in [-0.15, -0.1) is 0 Å². The summed E-state index contributed by atoms with van der Waals surface area (Å²) in [5, 5.41) is 2.70. The first-order chi connectivity index (χ1) is 9.93. The molecule has 1 heterocycles. The molecule has 3 nitrogen and oxygen atoms in total. The molecule has 0 aliphatic carbocycles. The van der Waals surface area contributed by atoms with Crippen LogP contribution in [0.4, 0.5) is 24.8 Å². The van der Waals surface area contributed by atoms with E-state index in [2.05, 4.69) is 15.3 Å². The molecule has 0 aliphatic rings. The van der Waals surface area contributed by atoms with E-state index in [4.69, 9.17) is 0 Å². The van der Waals surface area contributed by atoms with E-state index in [1.165, 1.54) is 12.1 Å². The van der Waals surface area contributed by atoms with Gasteiger partial charge in [-0.05, 0) is 36.8 Å². The van der Waals surface area contributed by atoms with Crippen molar-refractivity contribution >= 4 is 22.7 Å². The molecule has 2 N–H and O–H groups in total. The Hall–Kier alpha value is -2.50. The number of halogens is 3. The number of hydrogen-bond donors (Lipinski definition) is 2. The van der Waals surface area contributed by atoms with Crippen molar-refractivity contribution in [1.29, 1.82) is 0 Å². The summed E-state index contributed by atoms with van der Waals surface area (Å²) in [4.78, 5) is 7.21. The number of para-hydroxylation sites is 1. The number of benzene rings is 2. The van der Waals surface area contributed by atoms with Crippen molar-refractivity contribution in [3.05, 3.63) is 53.6 Å². The van der Waals surface area contributed by atoms with Crippen LogP contribution in [0.25, 0.3) is 11.0 Å². The van der Waals surface area contributed by atoms with E-state index in [9.17, 15) is 13.2 Å². The lowest BCUT2D eigenvalue weighted by Crippen LogP contribution is -2.08. The minimum absolute atomic E-state index is 0.0271. The fraction of sp³-hybridized carbons (Fsp3) is 0.133. The van der Waals surface area contributed by atoms with Crippen LogP contribution < -0.4 is 5.32 Å². The van der Waals surface area contributed by atoms with Crippen molar-refractivity contribution in [2.24, 2.45) is 0 Å². The fourth-order valence-corrected chi connectivity index (χ4v) is 2.15. The van der Waals surface area contributed by atoms with Gasteiger partial charge in [0.05, 0.1) is 22.3 Å². The number of imidazole rings is 1. The summed E-state index contributed by atoms with van der Waals surface area (Å²) < 4.78 is 38.8. The summed E-state index contributed by atoms with van der Waals surface area (Å²) in [6.45, 7) is 1.94. The van der Waals surface area contributed by atoms with Crippen LogP contribution in [0.1, 0.15) is 11.1 Å². The monoisotopic (exact) mass is 291 g/mol. The Bertz CT molecular complexity index is 790. The molecule has 0 fully saturated rings. The number of nitrogens with zero attached hydrogens (tertiary/aromatic N) is 1. The van der Waals surface area contributed by atoms with Crippen LogP contribution in [0.3, 0.4) is 0 Å². The predicted octanol–water partition coefficient (Wildman–Crippen LogP) is 4.63. The molecule has 3 aromatic rings. The van der Waals surface area contributed by atoms with E-state index in [0.717, 1.165) is 17.1 Å². The van der Waals surface area contributed by atoms with Gasteiger partial charge in [-0.1, -0.05) is 18.2 Å². The third-order valence-corrected chi connectivity index (χ3v) is 3.12. The molecule has 0 unspecified atom stereocenters. The molecule has 0 radical (unpaired) electrons. The van der Waals surface area contributed by atoms with Crippen LogP contribution in [0.15, 0.2) is 42.5 Å². The maximum atomic E-state index is 12.9. The summed E-state index contributed by atoms with van der Waals surface area (Å²) in [5.41, 5.74) is 1.78. The van der Waals surface area contributed by atoms with Crippen LogP contribution in [0.5, 0.6) is 0 Å². The van der Waals surface area contributed by atoms with Crippen molar-refractivity contribution in [3.8, 4) is 0 Å². The second-order valence-corrected chi connectivity index (χ2v) is 4.77. The SMILES string of the molecule is Cc1ccc2nc(Nc3ccccc3C(F)(F)F)[nH]c2c1. The summed E-state index contributed by atoms with van der Waals surface area (Å²) >= 11 is 0. The van der Waals surface area contributed by atoms with Gasteiger partial charge >= 0.3 is 6.18 Å². The molecule has 0 bridgehead atoms. The van der Waals surface area contributed by atoms with E-state index in [1.54, 1.807) is 6.07 Å². The molecule has 6 heteroatoms. The van der Waals surface area contributed by atoms with Crippen LogP contribution in [-0.4, -0.2) is 9.97 Å². The molecule has 0 saturated carbocycles. The largest absolute Gasteiger partial charge is 0.418 e. The van der Waals surface area contributed by atoms with Crippen molar-refractivity contribution in [3.63, 3.8) is 0 Å². The highest BCUT2D eigenvalue weighted by molar-refractivity contribution is 5.79. The predicted molar refractivity (Wildman–Crippen MR) is 75.6 cm³/mol. The highest BCUT2D eigenvalue weighted by Crippen LogP contribution is 2.35. The van der Waals surface area contributed by atoms with Gasteiger partial charge in [0, 0.05) is 0 Å². The van der Waals surface area contributed by atoms with Gasteiger partial charge in [0.25, 0.3) is 0 Å². The zero-order valence-electron chi connectivity index (χ0n) is 11.1. The first-order valence-corrected chi connectivity index (χ1v) is 6.33. The molecule has 0 aliphatic heterocycles. The Labute approximate surface area is 118 Å². The van der Waals surface area contributed by atoms with Gasteiger partial charge in [-0.3, -0.25) is 0 Å². The number of anilines is 2. The van der Waals surface area contributed by atoms with Crippen molar-refractivity contribution < 1.29 is 13.2 Å². The molecule has 2 aromatic carbocycles. The number of aromatic nitrogens is 2. The maximum absolute atomic E-state index is 12.9. The normalized spacial score (nSPS) is 11.8. The van der Waals surface area contributed by atoms with E-state index in [0.29, 0.717) is 5.52 Å². The lowest BCUT2D eigenvalue weighted by atomic mass is 10.1. The van der Waals surface area contributed by atoms with E-state index in [1.807, 2.05) is 25.1 Å². The Kier molecular flexibility index (Phi) is 3.08. The van der Waals surface area contributed by atoms with E-state index >= 15 is 0 Å². The molecular formula is C15H12F3N3. The standard InChI is InChI=1S/C15H12F3N3/c1-9-6-7-12-13(8-9)21-14(20-12)19-11-5-3-2-4-10(11)15(16,17)18/h2-8H,1H3,(H2,19,20,21). The molecule has 21 heavy (non-hydrogen) atoms. The second-order valence-electron chi connectivity index (χ2n) is 4.77. The number of rotatable bonds is 2. The van der Waals surface area contributed by atoms with E-state index < -0.39 is 11.7 Å². The number of aryl methyl sites for hydroxylation is 1. The molecule has 1 aromatic heterocycles.